The molecule has 0 bridgehead atoms. The molecule has 1 aromatic heterocycles. The van der Waals surface area contributed by atoms with Gasteiger partial charge in [0, 0.05) is 12.6 Å². The number of nitrogens with one attached hydrogen (secondary N) is 1. The van der Waals surface area contributed by atoms with Crippen LogP contribution in [0.3, 0.4) is 0 Å². The zero-order valence-electron chi connectivity index (χ0n) is 10.4. The summed E-state index contributed by atoms with van der Waals surface area (Å²) in [6.07, 6.45) is 4.13. The minimum atomic E-state index is -0.214. The van der Waals surface area contributed by atoms with Crippen molar-refractivity contribution in [3.8, 4) is 11.3 Å². The molecule has 0 radical (unpaired) electrons. The standard InChI is InChI=1S/C14H16FN3/c1-18-13(10-4-2-5-11(15)8-10)9-17-14(18)12-6-3-7-16-12/h2,4-5,8-9,12,16H,3,6-7H2,1H3. The van der Waals surface area contributed by atoms with E-state index in [1.54, 1.807) is 12.1 Å². The molecule has 1 aromatic carbocycles. The summed E-state index contributed by atoms with van der Waals surface area (Å²) in [6.45, 7) is 1.05. The van der Waals surface area contributed by atoms with Crippen molar-refractivity contribution in [2.24, 2.45) is 7.05 Å². The number of benzene rings is 1. The van der Waals surface area contributed by atoms with Crippen molar-refractivity contribution in [3.05, 3.63) is 42.1 Å². The molecule has 0 aliphatic carbocycles. The Kier molecular flexibility index (Phi) is 2.88. The first-order valence-corrected chi connectivity index (χ1v) is 6.26. The van der Waals surface area contributed by atoms with Gasteiger partial charge in [-0.3, -0.25) is 0 Å². The molecule has 18 heavy (non-hydrogen) atoms. The fraction of sp³-hybridized carbons (Fsp3) is 0.357. The van der Waals surface area contributed by atoms with Gasteiger partial charge < -0.3 is 9.88 Å². The highest BCUT2D eigenvalue weighted by Crippen LogP contribution is 2.26. The summed E-state index contributed by atoms with van der Waals surface area (Å²) in [5.74, 6) is 0.820. The number of hydrogen-bond acceptors (Lipinski definition) is 2. The van der Waals surface area contributed by atoms with Crippen molar-refractivity contribution in [2.75, 3.05) is 6.54 Å². The number of rotatable bonds is 2. The van der Waals surface area contributed by atoms with E-state index in [0.717, 1.165) is 30.0 Å². The molecule has 1 unspecified atom stereocenters. The van der Waals surface area contributed by atoms with Gasteiger partial charge in [-0.05, 0) is 31.5 Å². The summed E-state index contributed by atoms with van der Waals surface area (Å²) in [7, 11) is 1.99. The van der Waals surface area contributed by atoms with Crippen LogP contribution in [0.1, 0.15) is 24.7 Å². The molecule has 1 saturated heterocycles. The van der Waals surface area contributed by atoms with Crippen LogP contribution >= 0.6 is 0 Å². The molecular weight excluding hydrogens is 229 g/mol. The lowest BCUT2D eigenvalue weighted by Crippen LogP contribution is -2.17. The molecule has 4 heteroatoms. The molecule has 0 spiro atoms. The van der Waals surface area contributed by atoms with Crippen LogP contribution in [0, 0.1) is 5.82 Å². The van der Waals surface area contributed by atoms with E-state index in [2.05, 4.69) is 14.9 Å². The van der Waals surface area contributed by atoms with Crippen molar-refractivity contribution < 1.29 is 4.39 Å². The van der Waals surface area contributed by atoms with Gasteiger partial charge in [0.25, 0.3) is 0 Å². The summed E-state index contributed by atoms with van der Waals surface area (Å²) in [6, 6.07) is 6.97. The minimum Gasteiger partial charge on any atom is -0.330 e. The summed E-state index contributed by atoms with van der Waals surface area (Å²) < 4.78 is 15.3. The zero-order chi connectivity index (χ0) is 12.5. The summed E-state index contributed by atoms with van der Waals surface area (Å²) in [5.41, 5.74) is 1.83. The van der Waals surface area contributed by atoms with Gasteiger partial charge in [0.05, 0.1) is 17.9 Å². The summed E-state index contributed by atoms with van der Waals surface area (Å²) in [4.78, 5) is 4.48. The molecule has 2 aromatic rings. The highest BCUT2D eigenvalue weighted by atomic mass is 19.1. The van der Waals surface area contributed by atoms with E-state index in [9.17, 15) is 4.39 Å². The van der Waals surface area contributed by atoms with E-state index in [1.807, 2.05) is 19.3 Å². The van der Waals surface area contributed by atoms with Gasteiger partial charge in [0.1, 0.15) is 11.6 Å². The molecule has 2 heterocycles. The summed E-state index contributed by atoms with van der Waals surface area (Å²) >= 11 is 0. The molecule has 1 aliphatic heterocycles. The topological polar surface area (TPSA) is 29.9 Å². The Morgan fingerprint density at radius 2 is 2.33 bits per heavy atom. The van der Waals surface area contributed by atoms with Gasteiger partial charge in [-0.25, -0.2) is 9.37 Å². The highest BCUT2D eigenvalue weighted by Gasteiger charge is 2.21. The lowest BCUT2D eigenvalue weighted by atomic mass is 10.1. The molecule has 1 atom stereocenters. The Balaban J connectivity index is 1.98. The summed E-state index contributed by atoms with van der Waals surface area (Å²) in [5, 5.41) is 3.43. The number of nitrogens with zero attached hydrogens (tertiary/aromatic N) is 2. The van der Waals surface area contributed by atoms with Crippen LogP contribution in [0.25, 0.3) is 11.3 Å². The first-order chi connectivity index (χ1) is 8.75. The van der Waals surface area contributed by atoms with Crippen LogP contribution in [-0.4, -0.2) is 16.1 Å². The number of hydrogen-bond donors (Lipinski definition) is 1. The van der Waals surface area contributed by atoms with Crippen molar-refractivity contribution >= 4 is 0 Å². The van der Waals surface area contributed by atoms with E-state index in [-0.39, 0.29) is 5.82 Å². The van der Waals surface area contributed by atoms with E-state index in [4.69, 9.17) is 0 Å². The Bertz CT molecular complexity index is 556. The van der Waals surface area contributed by atoms with Crippen LogP contribution in [0.15, 0.2) is 30.5 Å². The monoisotopic (exact) mass is 245 g/mol. The average Bonchev–Trinajstić information content (AvgIpc) is 2.97. The third-order valence-corrected chi connectivity index (χ3v) is 3.52. The predicted molar refractivity (Wildman–Crippen MR) is 68.6 cm³/mol. The third kappa shape index (κ3) is 1.93. The second-order valence-corrected chi connectivity index (χ2v) is 4.72. The number of aromatic nitrogens is 2. The average molecular weight is 245 g/mol. The van der Waals surface area contributed by atoms with Crippen LogP contribution < -0.4 is 5.32 Å². The van der Waals surface area contributed by atoms with Crippen LogP contribution in [-0.2, 0) is 7.05 Å². The predicted octanol–water partition coefficient (Wildman–Crippen LogP) is 2.65. The SMILES string of the molecule is Cn1c(-c2cccc(F)c2)cnc1C1CCCN1. The lowest BCUT2D eigenvalue weighted by Gasteiger charge is -2.11. The van der Waals surface area contributed by atoms with Crippen molar-refractivity contribution in [1.29, 1.82) is 0 Å². The van der Waals surface area contributed by atoms with Gasteiger partial charge in [-0.1, -0.05) is 12.1 Å². The molecule has 0 amide bonds. The number of halogens is 1. The van der Waals surface area contributed by atoms with Gasteiger partial charge >= 0.3 is 0 Å². The normalized spacial score (nSPS) is 19.3. The van der Waals surface area contributed by atoms with Gasteiger partial charge in [-0.15, -0.1) is 0 Å². The first-order valence-electron chi connectivity index (χ1n) is 6.26. The van der Waals surface area contributed by atoms with Gasteiger partial charge in [0.15, 0.2) is 0 Å². The molecule has 3 rings (SSSR count). The second-order valence-electron chi connectivity index (χ2n) is 4.72. The third-order valence-electron chi connectivity index (χ3n) is 3.52. The molecule has 94 valence electrons. The quantitative estimate of drug-likeness (QED) is 0.881. The van der Waals surface area contributed by atoms with E-state index in [0.29, 0.717) is 6.04 Å². The molecule has 1 fully saturated rings. The fourth-order valence-electron chi connectivity index (χ4n) is 2.57. The van der Waals surface area contributed by atoms with Crippen molar-refractivity contribution in [2.45, 2.75) is 18.9 Å². The first kappa shape index (κ1) is 11.4. The Hall–Kier alpha value is -1.68. The van der Waals surface area contributed by atoms with Crippen LogP contribution in [0.2, 0.25) is 0 Å². The maximum Gasteiger partial charge on any atom is 0.126 e. The Morgan fingerprint density at radius 3 is 3.06 bits per heavy atom. The molecule has 0 saturated carbocycles. The molecule has 1 aliphatic rings. The molecule has 3 nitrogen and oxygen atoms in total. The number of imidazole rings is 1. The Labute approximate surface area is 106 Å². The van der Waals surface area contributed by atoms with E-state index >= 15 is 0 Å². The van der Waals surface area contributed by atoms with E-state index in [1.165, 1.54) is 12.5 Å². The van der Waals surface area contributed by atoms with Crippen LogP contribution in [0.5, 0.6) is 0 Å². The van der Waals surface area contributed by atoms with E-state index < -0.39 is 0 Å². The smallest absolute Gasteiger partial charge is 0.126 e. The largest absolute Gasteiger partial charge is 0.330 e. The minimum absolute atomic E-state index is 0.214. The van der Waals surface area contributed by atoms with Crippen molar-refractivity contribution in [3.63, 3.8) is 0 Å². The molecule has 1 N–H and O–H groups in total. The fourth-order valence-corrected chi connectivity index (χ4v) is 2.57. The van der Waals surface area contributed by atoms with Crippen LogP contribution in [0.4, 0.5) is 4.39 Å². The van der Waals surface area contributed by atoms with Crippen molar-refractivity contribution in [1.82, 2.24) is 14.9 Å². The highest BCUT2D eigenvalue weighted by molar-refractivity contribution is 5.59. The molecular formula is C14H16FN3. The Morgan fingerprint density at radius 1 is 1.44 bits per heavy atom. The second kappa shape index (κ2) is 4.53. The van der Waals surface area contributed by atoms with Gasteiger partial charge in [-0.2, -0.15) is 0 Å². The maximum absolute atomic E-state index is 13.3. The lowest BCUT2D eigenvalue weighted by molar-refractivity contribution is 0.581. The maximum atomic E-state index is 13.3. The zero-order valence-corrected chi connectivity index (χ0v) is 10.4. The van der Waals surface area contributed by atoms with Gasteiger partial charge in [0.2, 0.25) is 0 Å².